The minimum atomic E-state index is 0.485. The van der Waals surface area contributed by atoms with Crippen molar-refractivity contribution < 1.29 is 4.74 Å². The van der Waals surface area contributed by atoms with Gasteiger partial charge in [-0.1, -0.05) is 36.4 Å². The maximum absolute atomic E-state index is 8.98. The van der Waals surface area contributed by atoms with Gasteiger partial charge in [-0.2, -0.15) is 5.26 Å². The predicted octanol–water partition coefficient (Wildman–Crippen LogP) is 3.45. The average molecular weight is 223 g/mol. The molecule has 0 saturated carbocycles. The van der Waals surface area contributed by atoms with Crippen LogP contribution in [-0.4, -0.2) is 0 Å². The molecule has 0 aliphatic heterocycles. The molecule has 0 amide bonds. The highest BCUT2D eigenvalue weighted by Gasteiger charge is 2.03. The van der Waals surface area contributed by atoms with Crippen LogP contribution in [0.4, 0.5) is 0 Å². The number of rotatable bonds is 3. The fourth-order valence-corrected chi connectivity index (χ4v) is 1.58. The zero-order valence-corrected chi connectivity index (χ0v) is 9.68. The second kappa shape index (κ2) is 5.18. The summed E-state index contributed by atoms with van der Waals surface area (Å²) in [6.45, 7) is 2.47. The van der Waals surface area contributed by atoms with Gasteiger partial charge in [-0.3, -0.25) is 0 Å². The summed E-state index contributed by atoms with van der Waals surface area (Å²) >= 11 is 0. The molecule has 0 spiro atoms. The second-order valence-electron chi connectivity index (χ2n) is 3.89. The van der Waals surface area contributed by atoms with Gasteiger partial charge in [0.05, 0.1) is 5.56 Å². The van der Waals surface area contributed by atoms with Crippen LogP contribution in [0.1, 0.15) is 16.7 Å². The quantitative estimate of drug-likeness (QED) is 0.798. The Morgan fingerprint density at radius 1 is 1.12 bits per heavy atom. The fraction of sp³-hybridized carbons (Fsp3) is 0.133. The maximum atomic E-state index is 8.98. The van der Waals surface area contributed by atoms with Crippen LogP contribution in [0.25, 0.3) is 0 Å². The molecule has 2 aromatic rings. The lowest BCUT2D eigenvalue weighted by molar-refractivity contribution is 0.305. The van der Waals surface area contributed by atoms with Gasteiger partial charge < -0.3 is 4.74 Å². The minimum absolute atomic E-state index is 0.485. The fourth-order valence-electron chi connectivity index (χ4n) is 1.58. The van der Waals surface area contributed by atoms with Gasteiger partial charge in [-0.25, -0.2) is 0 Å². The van der Waals surface area contributed by atoms with Gasteiger partial charge in [0.15, 0.2) is 0 Å². The molecule has 0 aromatic heterocycles. The molecule has 0 aliphatic rings. The Bertz CT molecular complexity index is 541. The summed E-state index contributed by atoms with van der Waals surface area (Å²) < 4.78 is 5.67. The van der Waals surface area contributed by atoms with Gasteiger partial charge in [0.25, 0.3) is 0 Å². The summed E-state index contributed by atoms with van der Waals surface area (Å²) in [5, 5.41) is 8.98. The number of nitriles is 1. The van der Waals surface area contributed by atoms with E-state index >= 15 is 0 Å². The molecule has 0 aliphatic carbocycles. The zero-order valence-electron chi connectivity index (χ0n) is 9.68. The van der Waals surface area contributed by atoms with Gasteiger partial charge in [0, 0.05) is 0 Å². The molecule has 17 heavy (non-hydrogen) atoms. The number of benzene rings is 2. The standard InChI is InChI=1S/C15H13NO/c1-12-7-8-14(10-16)15(9-12)17-11-13-5-3-2-4-6-13/h2-9H,11H2,1H3. The summed E-state index contributed by atoms with van der Waals surface area (Å²) in [7, 11) is 0. The topological polar surface area (TPSA) is 33.0 Å². The van der Waals surface area contributed by atoms with E-state index in [0.29, 0.717) is 17.9 Å². The third-order valence-corrected chi connectivity index (χ3v) is 2.49. The Balaban J connectivity index is 2.14. The van der Waals surface area contributed by atoms with Crippen LogP contribution >= 0.6 is 0 Å². The summed E-state index contributed by atoms with van der Waals surface area (Å²) in [4.78, 5) is 0. The first-order valence-corrected chi connectivity index (χ1v) is 5.47. The lowest BCUT2D eigenvalue weighted by Crippen LogP contribution is -1.97. The second-order valence-corrected chi connectivity index (χ2v) is 3.89. The summed E-state index contributed by atoms with van der Waals surface area (Å²) in [5.74, 6) is 0.649. The lowest BCUT2D eigenvalue weighted by atomic mass is 10.1. The molecule has 0 N–H and O–H groups in total. The van der Waals surface area contributed by atoms with Crippen molar-refractivity contribution in [2.75, 3.05) is 0 Å². The number of hydrogen-bond donors (Lipinski definition) is 0. The van der Waals surface area contributed by atoms with Gasteiger partial charge >= 0.3 is 0 Å². The van der Waals surface area contributed by atoms with Gasteiger partial charge in [0.2, 0.25) is 0 Å². The Morgan fingerprint density at radius 2 is 1.88 bits per heavy atom. The first-order valence-electron chi connectivity index (χ1n) is 5.47. The van der Waals surface area contributed by atoms with E-state index in [1.807, 2.05) is 49.4 Å². The van der Waals surface area contributed by atoms with Crippen molar-refractivity contribution in [2.24, 2.45) is 0 Å². The number of hydrogen-bond acceptors (Lipinski definition) is 2. The van der Waals surface area contributed by atoms with Gasteiger partial charge in [-0.05, 0) is 30.2 Å². The Kier molecular flexibility index (Phi) is 3.42. The lowest BCUT2D eigenvalue weighted by Gasteiger charge is -2.08. The van der Waals surface area contributed by atoms with Crippen LogP contribution in [0.2, 0.25) is 0 Å². The largest absolute Gasteiger partial charge is 0.488 e. The zero-order chi connectivity index (χ0) is 12.1. The van der Waals surface area contributed by atoms with E-state index in [1.54, 1.807) is 6.07 Å². The van der Waals surface area contributed by atoms with Crippen LogP contribution < -0.4 is 4.74 Å². The number of nitrogens with zero attached hydrogens (tertiary/aromatic N) is 1. The van der Waals surface area contributed by atoms with Crippen LogP contribution in [0, 0.1) is 18.3 Å². The van der Waals surface area contributed by atoms with Crippen LogP contribution in [0.5, 0.6) is 5.75 Å². The molecule has 0 atom stereocenters. The third kappa shape index (κ3) is 2.85. The Labute approximate surface area is 101 Å². The molecule has 0 bridgehead atoms. The monoisotopic (exact) mass is 223 g/mol. The molecule has 2 aromatic carbocycles. The molecule has 0 heterocycles. The highest BCUT2D eigenvalue weighted by Crippen LogP contribution is 2.20. The minimum Gasteiger partial charge on any atom is -0.488 e. The summed E-state index contributed by atoms with van der Waals surface area (Å²) in [5.41, 5.74) is 2.76. The number of aryl methyl sites for hydroxylation is 1. The van der Waals surface area contributed by atoms with Crippen molar-refractivity contribution in [3.8, 4) is 11.8 Å². The van der Waals surface area contributed by atoms with Crippen LogP contribution in [-0.2, 0) is 6.61 Å². The van der Waals surface area contributed by atoms with E-state index < -0.39 is 0 Å². The first-order chi connectivity index (χ1) is 8.29. The highest BCUT2D eigenvalue weighted by atomic mass is 16.5. The van der Waals surface area contributed by atoms with Crippen molar-refractivity contribution in [3.05, 3.63) is 65.2 Å². The molecule has 2 heteroatoms. The highest BCUT2D eigenvalue weighted by molar-refractivity contribution is 5.45. The maximum Gasteiger partial charge on any atom is 0.137 e. The Hall–Kier alpha value is -2.27. The first kappa shape index (κ1) is 11.2. The molecule has 0 radical (unpaired) electrons. The molecule has 0 unspecified atom stereocenters. The average Bonchev–Trinajstić information content (AvgIpc) is 2.38. The van der Waals surface area contributed by atoms with E-state index in [0.717, 1.165) is 11.1 Å². The smallest absolute Gasteiger partial charge is 0.137 e. The molecule has 2 rings (SSSR count). The van der Waals surface area contributed by atoms with E-state index in [1.165, 1.54) is 0 Å². The molecule has 2 nitrogen and oxygen atoms in total. The van der Waals surface area contributed by atoms with Crippen molar-refractivity contribution in [3.63, 3.8) is 0 Å². The summed E-state index contributed by atoms with van der Waals surface area (Å²) in [6.07, 6.45) is 0. The van der Waals surface area contributed by atoms with Crippen LogP contribution in [0.15, 0.2) is 48.5 Å². The Morgan fingerprint density at radius 3 is 2.59 bits per heavy atom. The van der Waals surface area contributed by atoms with E-state index in [4.69, 9.17) is 10.00 Å². The molecule has 84 valence electrons. The molecule has 0 fully saturated rings. The normalized spacial score (nSPS) is 9.65. The predicted molar refractivity (Wildman–Crippen MR) is 66.7 cm³/mol. The third-order valence-electron chi connectivity index (χ3n) is 2.49. The van der Waals surface area contributed by atoms with Crippen molar-refractivity contribution in [2.45, 2.75) is 13.5 Å². The van der Waals surface area contributed by atoms with E-state index in [9.17, 15) is 0 Å². The van der Waals surface area contributed by atoms with Crippen LogP contribution in [0.3, 0.4) is 0 Å². The van der Waals surface area contributed by atoms with Gasteiger partial charge in [-0.15, -0.1) is 0 Å². The SMILES string of the molecule is Cc1ccc(C#N)c(OCc2ccccc2)c1. The van der Waals surface area contributed by atoms with Gasteiger partial charge in [0.1, 0.15) is 18.4 Å². The van der Waals surface area contributed by atoms with E-state index in [2.05, 4.69) is 6.07 Å². The molecule has 0 saturated heterocycles. The van der Waals surface area contributed by atoms with Crippen molar-refractivity contribution >= 4 is 0 Å². The number of ether oxygens (including phenoxy) is 1. The molecular formula is C15H13NO. The van der Waals surface area contributed by atoms with Crippen molar-refractivity contribution in [1.82, 2.24) is 0 Å². The molecular weight excluding hydrogens is 210 g/mol. The van der Waals surface area contributed by atoms with Crippen molar-refractivity contribution in [1.29, 1.82) is 5.26 Å². The summed E-state index contributed by atoms with van der Waals surface area (Å²) in [6, 6.07) is 17.6. The van der Waals surface area contributed by atoms with E-state index in [-0.39, 0.29) is 0 Å².